The number of anilines is 1. The van der Waals surface area contributed by atoms with Gasteiger partial charge in [-0.3, -0.25) is 0 Å². The second-order valence-electron chi connectivity index (χ2n) is 6.53. The minimum Gasteiger partial charge on any atom is -0.385 e. The molecule has 0 spiro atoms. The molecule has 2 aliphatic heterocycles. The number of rotatable bonds is 4. The quantitative estimate of drug-likeness (QED) is 0.888. The third-order valence-electron chi connectivity index (χ3n) is 5.09. The maximum absolute atomic E-state index is 3.54. The van der Waals surface area contributed by atoms with Crippen LogP contribution in [0, 0.1) is 5.92 Å². The monoisotopic (exact) mass is 272 g/mol. The first kappa shape index (κ1) is 13.9. The highest BCUT2D eigenvalue weighted by Crippen LogP contribution is 2.33. The Labute approximate surface area is 123 Å². The average Bonchev–Trinajstić information content (AvgIpc) is 2.50. The first-order chi connectivity index (χ1) is 9.86. The normalized spacial score (nSPS) is 24.1. The first-order valence-electron chi connectivity index (χ1n) is 8.42. The van der Waals surface area contributed by atoms with Crippen molar-refractivity contribution in [1.29, 1.82) is 0 Å². The summed E-state index contributed by atoms with van der Waals surface area (Å²) in [5.74, 6) is 1.73. The summed E-state index contributed by atoms with van der Waals surface area (Å²) in [5, 5.41) is 3.54. The van der Waals surface area contributed by atoms with Crippen LogP contribution in [-0.4, -0.2) is 31.1 Å². The van der Waals surface area contributed by atoms with Crippen molar-refractivity contribution in [3.8, 4) is 0 Å². The molecule has 0 bridgehead atoms. The molecule has 0 amide bonds. The Balaban J connectivity index is 1.57. The fraction of sp³-hybridized carbons (Fsp3) is 0.667. The number of hydrogen-bond donors (Lipinski definition) is 1. The van der Waals surface area contributed by atoms with Crippen LogP contribution in [0.5, 0.6) is 0 Å². The molecule has 0 aliphatic carbocycles. The van der Waals surface area contributed by atoms with Crippen molar-refractivity contribution in [1.82, 2.24) is 4.90 Å². The predicted octanol–water partition coefficient (Wildman–Crippen LogP) is 4.10. The zero-order chi connectivity index (χ0) is 13.8. The molecule has 1 saturated heterocycles. The maximum Gasteiger partial charge on any atom is 0.0376 e. The standard InChI is InChI=1S/C18H28N2/c1-2-5-15-9-12-20(13-10-15)14-16-8-11-19-18-7-4-3-6-17(16)18/h3-4,6-7,15-16,19H,2,5,8-14H2,1H3. The van der Waals surface area contributed by atoms with E-state index in [9.17, 15) is 0 Å². The number of nitrogens with zero attached hydrogens (tertiary/aromatic N) is 1. The molecule has 1 aromatic carbocycles. The van der Waals surface area contributed by atoms with Gasteiger partial charge in [0, 0.05) is 24.7 Å². The predicted molar refractivity (Wildman–Crippen MR) is 86.4 cm³/mol. The van der Waals surface area contributed by atoms with Crippen LogP contribution in [0.1, 0.15) is 50.5 Å². The number of piperidine rings is 1. The summed E-state index contributed by atoms with van der Waals surface area (Å²) < 4.78 is 0. The van der Waals surface area contributed by atoms with Gasteiger partial charge in [0.25, 0.3) is 0 Å². The number of nitrogens with one attached hydrogen (secondary N) is 1. The van der Waals surface area contributed by atoms with Gasteiger partial charge >= 0.3 is 0 Å². The molecular weight excluding hydrogens is 244 g/mol. The summed E-state index contributed by atoms with van der Waals surface area (Å²) in [7, 11) is 0. The van der Waals surface area contributed by atoms with E-state index < -0.39 is 0 Å². The van der Waals surface area contributed by atoms with Crippen LogP contribution in [0.15, 0.2) is 24.3 Å². The van der Waals surface area contributed by atoms with E-state index in [0.29, 0.717) is 0 Å². The van der Waals surface area contributed by atoms with Crippen molar-refractivity contribution in [2.45, 2.75) is 44.9 Å². The molecule has 1 atom stereocenters. The molecule has 110 valence electrons. The highest BCUT2D eigenvalue weighted by molar-refractivity contribution is 5.54. The van der Waals surface area contributed by atoms with Gasteiger partial charge in [0.15, 0.2) is 0 Å². The molecule has 0 radical (unpaired) electrons. The molecule has 1 N–H and O–H groups in total. The number of benzene rings is 1. The summed E-state index contributed by atoms with van der Waals surface area (Å²) in [4.78, 5) is 2.71. The van der Waals surface area contributed by atoms with E-state index in [2.05, 4.69) is 41.4 Å². The van der Waals surface area contributed by atoms with Crippen LogP contribution in [0.2, 0.25) is 0 Å². The Hall–Kier alpha value is -1.02. The van der Waals surface area contributed by atoms with Gasteiger partial charge in [-0.15, -0.1) is 0 Å². The topological polar surface area (TPSA) is 15.3 Å². The molecule has 1 fully saturated rings. The molecule has 0 saturated carbocycles. The Morgan fingerprint density at radius 1 is 1.15 bits per heavy atom. The van der Waals surface area contributed by atoms with Crippen molar-refractivity contribution < 1.29 is 0 Å². The number of likely N-dealkylation sites (tertiary alicyclic amines) is 1. The lowest BCUT2D eigenvalue weighted by molar-refractivity contribution is 0.168. The minimum atomic E-state index is 0.732. The van der Waals surface area contributed by atoms with Gasteiger partial charge in [0.1, 0.15) is 0 Å². The SMILES string of the molecule is CCCC1CCN(CC2CCNc3ccccc32)CC1. The molecular formula is C18H28N2. The Bertz CT molecular complexity index is 421. The summed E-state index contributed by atoms with van der Waals surface area (Å²) in [5.41, 5.74) is 2.90. The molecule has 0 aromatic heterocycles. The van der Waals surface area contributed by atoms with E-state index in [1.165, 1.54) is 63.0 Å². The van der Waals surface area contributed by atoms with Crippen LogP contribution in [0.4, 0.5) is 5.69 Å². The summed E-state index contributed by atoms with van der Waals surface area (Å²) in [6.07, 6.45) is 6.91. The highest BCUT2D eigenvalue weighted by atomic mass is 15.1. The van der Waals surface area contributed by atoms with Crippen molar-refractivity contribution >= 4 is 5.69 Å². The molecule has 3 rings (SSSR count). The van der Waals surface area contributed by atoms with Crippen molar-refractivity contribution in [2.75, 3.05) is 31.5 Å². The van der Waals surface area contributed by atoms with Gasteiger partial charge in [-0.25, -0.2) is 0 Å². The molecule has 2 heterocycles. The van der Waals surface area contributed by atoms with E-state index in [1.807, 2.05) is 0 Å². The molecule has 2 heteroatoms. The number of para-hydroxylation sites is 1. The second-order valence-corrected chi connectivity index (χ2v) is 6.53. The first-order valence-corrected chi connectivity index (χ1v) is 8.42. The van der Waals surface area contributed by atoms with E-state index in [0.717, 1.165) is 18.4 Å². The van der Waals surface area contributed by atoms with Crippen molar-refractivity contribution in [3.05, 3.63) is 29.8 Å². The van der Waals surface area contributed by atoms with Gasteiger partial charge in [0.05, 0.1) is 0 Å². The van der Waals surface area contributed by atoms with E-state index in [-0.39, 0.29) is 0 Å². The average molecular weight is 272 g/mol. The molecule has 1 aromatic rings. The fourth-order valence-corrected chi connectivity index (χ4v) is 3.92. The molecule has 2 nitrogen and oxygen atoms in total. The van der Waals surface area contributed by atoms with Crippen LogP contribution >= 0.6 is 0 Å². The van der Waals surface area contributed by atoms with E-state index in [4.69, 9.17) is 0 Å². The lowest BCUT2D eigenvalue weighted by Crippen LogP contribution is -2.37. The summed E-state index contributed by atoms with van der Waals surface area (Å²) in [6, 6.07) is 8.88. The largest absolute Gasteiger partial charge is 0.385 e. The molecule has 2 aliphatic rings. The van der Waals surface area contributed by atoms with Gasteiger partial charge in [-0.1, -0.05) is 38.0 Å². The lowest BCUT2D eigenvalue weighted by atomic mass is 9.88. The van der Waals surface area contributed by atoms with Gasteiger partial charge in [0.2, 0.25) is 0 Å². The van der Waals surface area contributed by atoms with Crippen molar-refractivity contribution in [2.24, 2.45) is 5.92 Å². The van der Waals surface area contributed by atoms with Crippen LogP contribution in [-0.2, 0) is 0 Å². The van der Waals surface area contributed by atoms with Gasteiger partial charge < -0.3 is 10.2 Å². The van der Waals surface area contributed by atoms with Gasteiger partial charge in [-0.05, 0) is 49.9 Å². The Morgan fingerprint density at radius 2 is 1.95 bits per heavy atom. The third-order valence-corrected chi connectivity index (χ3v) is 5.09. The zero-order valence-corrected chi connectivity index (χ0v) is 12.8. The Kier molecular flexibility index (Phi) is 4.62. The summed E-state index contributed by atoms with van der Waals surface area (Å²) >= 11 is 0. The second kappa shape index (κ2) is 6.62. The third kappa shape index (κ3) is 3.17. The van der Waals surface area contributed by atoms with Crippen molar-refractivity contribution in [3.63, 3.8) is 0 Å². The lowest BCUT2D eigenvalue weighted by Gasteiger charge is -2.36. The minimum absolute atomic E-state index is 0.732. The van der Waals surface area contributed by atoms with Crippen LogP contribution in [0.3, 0.4) is 0 Å². The zero-order valence-electron chi connectivity index (χ0n) is 12.8. The Morgan fingerprint density at radius 3 is 2.75 bits per heavy atom. The van der Waals surface area contributed by atoms with E-state index >= 15 is 0 Å². The molecule has 1 unspecified atom stereocenters. The maximum atomic E-state index is 3.54. The summed E-state index contributed by atoms with van der Waals surface area (Å²) in [6.45, 7) is 7.34. The van der Waals surface area contributed by atoms with E-state index in [1.54, 1.807) is 0 Å². The smallest absolute Gasteiger partial charge is 0.0376 e. The van der Waals surface area contributed by atoms with Gasteiger partial charge in [-0.2, -0.15) is 0 Å². The number of fused-ring (bicyclic) bond motifs is 1. The fourth-order valence-electron chi connectivity index (χ4n) is 3.92. The molecule has 20 heavy (non-hydrogen) atoms. The van der Waals surface area contributed by atoms with Crippen LogP contribution in [0.25, 0.3) is 0 Å². The number of hydrogen-bond acceptors (Lipinski definition) is 2. The van der Waals surface area contributed by atoms with Crippen LogP contribution < -0.4 is 5.32 Å². The highest BCUT2D eigenvalue weighted by Gasteiger charge is 2.24.